The Bertz CT molecular complexity index is 667. The maximum Gasteiger partial charge on any atom is 0.178 e. The van der Waals surface area contributed by atoms with Gasteiger partial charge in [0.15, 0.2) is 5.78 Å². The first kappa shape index (κ1) is 15.1. The van der Waals surface area contributed by atoms with E-state index in [9.17, 15) is 4.79 Å². The molecule has 0 amide bonds. The molecule has 22 heavy (non-hydrogen) atoms. The van der Waals surface area contributed by atoms with Gasteiger partial charge in [-0.15, -0.1) is 0 Å². The largest absolute Gasteiger partial charge is 0.497 e. The fourth-order valence-electron chi connectivity index (χ4n) is 3.67. The van der Waals surface area contributed by atoms with Gasteiger partial charge in [-0.05, 0) is 30.4 Å². The topological polar surface area (TPSA) is 45.3 Å². The van der Waals surface area contributed by atoms with Gasteiger partial charge in [-0.2, -0.15) is 0 Å². The summed E-state index contributed by atoms with van der Waals surface area (Å²) in [5.41, 5.74) is 1.73. The van der Waals surface area contributed by atoms with E-state index in [1.807, 2.05) is 24.4 Å². The maximum atomic E-state index is 12.7. The molecule has 1 aliphatic rings. The van der Waals surface area contributed by atoms with Crippen molar-refractivity contribution in [3.8, 4) is 5.75 Å². The molecule has 0 radical (unpaired) electrons. The van der Waals surface area contributed by atoms with Gasteiger partial charge in [-0.3, -0.25) is 9.69 Å². The number of ketones is 1. The maximum absolute atomic E-state index is 12.7. The minimum absolute atomic E-state index is 0.192. The first-order chi connectivity index (χ1) is 10.6. The van der Waals surface area contributed by atoms with Gasteiger partial charge in [0.25, 0.3) is 0 Å². The molecule has 0 aliphatic carbocycles. The van der Waals surface area contributed by atoms with Crippen LogP contribution >= 0.6 is 0 Å². The summed E-state index contributed by atoms with van der Waals surface area (Å²) in [6.07, 6.45) is 3.08. The summed E-state index contributed by atoms with van der Waals surface area (Å²) in [5, 5.41) is 0.976. The van der Waals surface area contributed by atoms with Crippen molar-refractivity contribution in [3.05, 3.63) is 30.0 Å². The smallest absolute Gasteiger partial charge is 0.178 e. The summed E-state index contributed by atoms with van der Waals surface area (Å²) in [6, 6.07) is 5.79. The van der Waals surface area contributed by atoms with E-state index in [4.69, 9.17) is 4.74 Å². The third kappa shape index (κ3) is 3.02. The molecule has 1 fully saturated rings. The number of nitrogens with zero attached hydrogens (tertiary/aromatic N) is 1. The van der Waals surface area contributed by atoms with Crippen LogP contribution in [-0.4, -0.2) is 42.4 Å². The quantitative estimate of drug-likeness (QED) is 0.881. The average molecular weight is 300 g/mol. The van der Waals surface area contributed by atoms with E-state index in [-0.39, 0.29) is 5.78 Å². The predicted octanol–water partition coefficient (Wildman–Crippen LogP) is 3.34. The van der Waals surface area contributed by atoms with Crippen LogP contribution < -0.4 is 4.74 Å². The van der Waals surface area contributed by atoms with Gasteiger partial charge in [0.2, 0.25) is 0 Å². The Hall–Kier alpha value is -1.81. The van der Waals surface area contributed by atoms with E-state index in [1.54, 1.807) is 7.11 Å². The summed E-state index contributed by atoms with van der Waals surface area (Å²) >= 11 is 0. The van der Waals surface area contributed by atoms with Gasteiger partial charge in [-0.25, -0.2) is 0 Å². The standard InChI is InChI=1S/C18H24N2O2/c1-12-6-13(2)10-20(9-12)11-18(21)16-8-19-17-7-14(22-3)4-5-15(16)17/h4-5,7-8,12-13,19H,6,9-11H2,1-3H3/t12-,13-/m1/s1. The van der Waals surface area contributed by atoms with Gasteiger partial charge >= 0.3 is 0 Å². The number of aromatic amines is 1. The number of methoxy groups -OCH3 is 1. The van der Waals surface area contributed by atoms with Crippen LogP contribution in [0.5, 0.6) is 5.75 Å². The fraction of sp³-hybridized carbons (Fsp3) is 0.500. The molecule has 2 heterocycles. The summed E-state index contributed by atoms with van der Waals surface area (Å²) in [4.78, 5) is 18.1. The van der Waals surface area contributed by atoms with Crippen molar-refractivity contribution in [1.82, 2.24) is 9.88 Å². The molecule has 0 unspecified atom stereocenters. The fourth-order valence-corrected chi connectivity index (χ4v) is 3.67. The Labute approximate surface area is 131 Å². The zero-order valence-corrected chi connectivity index (χ0v) is 13.6. The van der Waals surface area contributed by atoms with Gasteiger partial charge in [0.1, 0.15) is 5.75 Å². The molecule has 4 heteroatoms. The van der Waals surface area contributed by atoms with Gasteiger partial charge in [0.05, 0.1) is 13.7 Å². The molecule has 118 valence electrons. The zero-order valence-electron chi connectivity index (χ0n) is 13.6. The van der Waals surface area contributed by atoms with E-state index < -0.39 is 0 Å². The minimum atomic E-state index is 0.192. The molecule has 2 atom stereocenters. The summed E-state index contributed by atoms with van der Waals surface area (Å²) in [7, 11) is 1.65. The number of piperidine rings is 1. The second kappa shape index (κ2) is 6.13. The van der Waals surface area contributed by atoms with Crippen LogP contribution in [0.25, 0.3) is 10.9 Å². The number of rotatable bonds is 4. The molecule has 0 bridgehead atoms. The number of likely N-dealkylation sites (tertiary alicyclic amines) is 1. The normalized spacial score (nSPS) is 22.9. The molecule has 0 saturated carbocycles. The number of nitrogens with one attached hydrogen (secondary N) is 1. The Morgan fingerprint density at radius 2 is 2.05 bits per heavy atom. The van der Waals surface area contributed by atoms with Crippen molar-refractivity contribution in [2.24, 2.45) is 11.8 Å². The lowest BCUT2D eigenvalue weighted by Gasteiger charge is -2.34. The number of H-pyrrole nitrogens is 1. The SMILES string of the molecule is COc1ccc2c(C(=O)CN3C[C@H](C)C[C@@H](C)C3)c[nH]c2c1. The molecule has 1 N–H and O–H groups in total. The third-order valence-corrected chi connectivity index (χ3v) is 4.50. The second-order valence-electron chi connectivity index (χ2n) is 6.68. The highest BCUT2D eigenvalue weighted by atomic mass is 16.5. The molecule has 0 spiro atoms. The van der Waals surface area contributed by atoms with Crippen molar-refractivity contribution >= 4 is 16.7 Å². The number of aromatic nitrogens is 1. The van der Waals surface area contributed by atoms with Crippen molar-refractivity contribution in [1.29, 1.82) is 0 Å². The van der Waals surface area contributed by atoms with Crippen LogP contribution in [-0.2, 0) is 0 Å². The third-order valence-electron chi connectivity index (χ3n) is 4.50. The molecule has 3 rings (SSSR count). The molecule has 2 aromatic rings. The number of hydrogen-bond donors (Lipinski definition) is 1. The Kier molecular flexibility index (Phi) is 4.21. The van der Waals surface area contributed by atoms with Crippen LogP contribution in [0.15, 0.2) is 24.4 Å². The van der Waals surface area contributed by atoms with Crippen molar-refractivity contribution < 1.29 is 9.53 Å². The van der Waals surface area contributed by atoms with E-state index in [0.29, 0.717) is 18.4 Å². The van der Waals surface area contributed by atoms with Crippen LogP contribution in [0.4, 0.5) is 0 Å². The van der Waals surface area contributed by atoms with Crippen LogP contribution in [0.3, 0.4) is 0 Å². The number of benzene rings is 1. The van der Waals surface area contributed by atoms with Gasteiger partial charge < -0.3 is 9.72 Å². The Morgan fingerprint density at radius 1 is 1.32 bits per heavy atom. The summed E-state index contributed by atoms with van der Waals surface area (Å²) < 4.78 is 5.22. The number of fused-ring (bicyclic) bond motifs is 1. The highest BCUT2D eigenvalue weighted by Gasteiger charge is 2.24. The first-order valence-corrected chi connectivity index (χ1v) is 7.97. The predicted molar refractivity (Wildman–Crippen MR) is 88.6 cm³/mol. The van der Waals surface area contributed by atoms with Crippen LogP contribution in [0.1, 0.15) is 30.6 Å². The van der Waals surface area contributed by atoms with E-state index in [2.05, 4.69) is 23.7 Å². The monoisotopic (exact) mass is 300 g/mol. The number of carbonyl (C=O) groups excluding carboxylic acids is 1. The van der Waals surface area contributed by atoms with E-state index in [0.717, 1.165) is 35.3 Å². The molecule has 1 saturated heterocycles. The molecule has 1 aliphatic heterocycles. The molecular formula is C18H24N2O2. The van der Waals surface area contributed by atoms with Crippen molar-refractivity contribution in [3.63, 3.8) is 0 Å². The Morgan fingerprint density at radius 3 is 2.73 bits per heavy atom. The van der Waals surface area contributed by atoms with Crippen LogP contribution in [0, 0.1) is 11.8 Å². The zero-order chi connectivity index (χ0) is 15.7. The van der Waals surface area contributed by atoms with Gasteiger partial charge in [-0.1, -0.05) is 13.8 Å². The van der Waals surface area contributed by atoms with Crippen molar-refractivity contribution in [2.75, 3.05) is 26.7 Å². The van der Waals surface area contributed by atoms with Crippen LogP contribution in [0.2, 0.25) is 0 Å². The van der Waals surface area contributed by atoms with E-state index in [1.165, 1.54) is 6.42 Å². The van der Waals surface area contributed by atoms with E-state index >= 15 is 0 Å². The lowest BCUT2D eigenvalue weighted by Crippen LogP contribution is -2.41. The number of Topliss-reactive ketones (excluding diaryl/α,β-unsaturated/α-hetero) is 1. The minimum Gasteiger partial charge on any atom is -0.497 e. The van der Waals surface area contributed by atoms with Gasteiger partial charge in [0, 0.05) is 41.8 Å². The number of ether oxygens (including phenoxy) is 1. The summed E-state index contributed by atoms with van der Waals surface area (Å²) in [5.74, 6) is 2.33. The lowest BCUT2D eigenvalue weighted by atomic mass is 9.91. The Balaban J connectivity index is 1.77. The molecular weight excluding hydrogens is 276 g/mol. The highest BCUT2D eigenvalue weighted by molar-refractivity contribution is 6.09. The molecule has 1 aromatic heterocycles. The molecule has 1 aromatic carbocycles. The summed E-state index contributed by atoms with van der Waals surface area (Å²) in [6.45, 7) is 7.09. The highest BCUT2D eigenvalue weighted by Crippen LogP contribution is 2.25. The van der Waals surface area contributed by atoms with Crippen molar-refractivity contribution in [2.45, 2.75) is 20.3 Å². The number of carbonyl (C=O) groups is 1. The second-order valence-corrected chi connectivity index (χ2v) is 6.68. The average Bonchev–Trinajstić information content (AvgIpc) is 2.88. The number of hydrogen-bond acceptors (Lipinski definition) is 3. The first-order valence-electron chi connectivity index (χ1n) is 7.97. The lowest BCUT2D eigenvalue weighted by molar-refractivity contribution is 0.0851. The molecule has 4 nitrogen and oxygen atoms in total.